The molecule has 2 rings (SSSR count). The van der Waals surface area contributed by atoms with Crippen molar-refractivity contribution in [1.82, 2.24) is 4.98 Å². The number of unbranched alkanes of at least 4 members (excludes halogenated alkanes) is 1. The Morgan fingerprint density at radius 1 is 1.27 bits per heavy atom. The number of methoxy groups -OCH3 is 1. The van der Waals surface area contributed by atoms with Crippen LogP contribution in [0, 0.1) is 0 Å². The molecule has 0 saturated carbocycles. The molecule has 2 aromatic rings. The Balaban J connectivity index is 2.77. The number of rotatable bonds is 5. The lowest BCUT2D eigenvalue weighted by Gasteiger charge is -2.15. The van der Waals surface area contributed by atoms with Crippen LogP contribution in [0.3, 0.4) is 0 Å². The maximum Gasteiger partial charge on any atom is 0.344 e. The van der Waals surface area contributed by atoms with Gasteiger partial charge in [0.25, 0.3) is 5.56 Å². The van der Waals surface area contributed by atoms with E-state index in [2.05, 4.69) is 11.9 Å². The molecular weight excluding hydrogens is 280 g/mol. The van der Waals surface area contributed by atoms with Crippen LogP contribution in [0.4, 0.5) is 5.69 Å². The number of nitrogens with one attached hydrogen (secondary N) is 1. The van der Waals surface area contributed by atoms with E-state index in [9.17, 15) is 9.59 Å². The molecule has 118 valence electrons. The molecular formula is C17H22N2O3. The minimum Gasteiger partial charge on any atom is -0.465 e. The van der Waals surface area contributed by atoms with Crippen molar-refractivity contribution in [3.63, 3.8) is 0 Å². The molecule has 0 amide bonds. The standard InChI is InChI=1S/C17H22N2O3/c1-5-6-7-14-12-9-8-11(19(2)3)10-13(12)15(16(20)18-14)17(21)22-4/h8-10H,5-7H2,1-4H3,(H,18,20). The molecule has 22 heavy (non-hydrogen) atoms. The lowest BCUT2D eigenvalue weighted by molar-refractivity contribution is 0.0601. The van der Waals surface area contributed by atoms with Crippen LogP contribution in [0.5, 0.6) is 0 Å². The van der Waals surface area contributed by atoms with Crippen molar-refractivity contribution in [2.75, 3.05) is 26.1 Å². The van der Waals surface area contributed by atoms with E-state index in [0.29, 0.717) is 5.39 Å². The predicted molar refractivity (Wildman–Crippen MR) is 88.8 cm³/mol. The third kappa shape index (κ3) is 2.98. The molecule has 0 spiro atoms. The second-order valence-electron chi connectivity index (χ2n) is 5.53. The molecule has 1 heterocycles. The Bertz CT molecular complexity index is 747. The Kier molecular flexibility index (Phi) is 4.85. The topological polar surface area (TPSA) is 62.4 Å². The summed E-state index contributed by atoms with van der Waals surface area (Å²) in [7, 11) is 5.13. The number of fused-ring (bicyclic) bond motifs is 1. The molecule has 5 nitrogen and oxygen atoms in total. The number of anilines is 1. The van der Waals surface area contributed by atoms with Gasteiger partial charge in [0.15, 0.2) is 0 Å². The van der Waals surface area contributed by atoms with Gasteiger partial charge in [-0.15, -0.1) is 0 Å². The van der Waals surface area contributed by atoms with Gasteiger partial charge in [-0.05, 0) is 25.0 Å². The van der Waals surface area contributed by atoms with Crippen molar-refractivity contribution in [3.05, 3.63) is 39.8 Å². The van der Waals surface area contributed by atoms with Gasteiger partial charge in [-0.25, -0.2) is 4.79 Å². The van der Waals surface area contributed by atoms with Crippen molar-refractivity contribution in [2.45, 2.75) is 26.2 Å². The number of esters is 1. The number of benzene rings is 1. The summed E-state index contributed by atoms with van der Waals surface area (Å²) >= 11 is 0. The molecule has 0 atom stereocenters. The average Bonchev–Trinajstić information content (AvgIpc) is 2.51. The fourth-order valence-electron chi connectivity index (χ4n) is 2.53. The first kappa shape index (κ1) is 16.1. The minimum absolute atomic E-state index is 0.0708. The van der Waals surface area contributed by atoms with Gasteiger partial charge >= 0.3 is 5.97 Å². The van der Waals surface area contributed by atoms with Crippen molar-refractivity contribution >= 4 is 22.4 Å². The zero-order valence-electron chi connectivity index (χ0n) is 13.5. The van der Waals surface area contributed by atoms with Crippen LogP contribution in [-0.2, 0) is 11.2 Å². The van der Waals surface area contributed by atoms with Crippen LogP contribution >= 0.6 is 0 Å². The number of aromatic amines is 1. The Hall–Kier alpha value is -2.30. The number of aryl methyl sites for hydroxylation is 1. The van der Waals surface area contributed by atoms with Gasteiger partial charge in [0.05, 0.1) is 7.11 Å². The van der Waals surface area contributed by atoms with Gasteiger partial charge < -0.3 is 14.6 Å². The fraction of sp³-hybridized carbons (Fsp3) is 0.412. The van der Waals surface area contributed by atoms with Crippen LogP contribution in [0.15, 0.2) is 23.0 Å². The van der Waals surface area contributed by atoms with Crippen molar-refractivity contribution in [3.8, 4) is 0 Å². The summed E-state index contributed by atoms with van der Waals surface area (Å²) in [6.07, 6.45) is 2.81. The number of hydrogen-bond donors (Lipinski definition) is 1. The summed E-state index contributed by atoms with van der Waals surface area (Å²) in [5.41, 5.74) is 1.49. The maximum atomic E-state index is 12.3. The number of pyridine rings is 1. The number of carbonyl (C=O) groups is 1. The van der Waals surface area contributed by atoms with Gasteiger partial charge in [0.1, 0.15) is 5.56 Å². The van der Waals surface area contributed by atoms with Crippen molar-refractivity contribution in [2.24, 2.45) is 0 Å². The van der Waals surface area contributed by atoms with Gasteiger partial charge in [0, 0.05) is 36.2 Å². The summed E-state index contributed by atoms with van der Waals surface area (Å²) in [4.78, 5) is 29.1. The molecule has 0 radical (unpaired) electrons. The highest BCUT2D eigenvalue weighted by Crippen LogP contribution is 2.25. The molecule has 0 aliphatic carbocycles. The largest absolute Gasteiger partial charge is 0.465 e. The SMILES string of the molecule is CCCCc1[nH]c(=O)c(C(=O)OC)c2cc(N(C)C)ccc12. The highest BCUT2D eigenvalue weighted by molar-refractivity contribution is 6.05. The van der Waals surface area contributed by atoms with E-state index >= 15 is 0 Å². The van der Waals surface area contributed by atoms with Crippen LogP contribution in [-0.4, -0.2) is 32.2 Å². The number of nitrogens with zero attached hydrogens (tertiary/aromatic N) is 1. The number of ether oxygens (including phenoxy) is 1. The molecule has 1 N–H and O–H groups in total. The Morgan fingerprint density at radius 3 is 2.59 bits per heavy atom. The molecule has 5 heteroatoms. The van der Waals surface area contributed by atoms with E-state index in [4.69, 9.17) is 4.74 Å². The normalized spacial score (nSPS) is 10.7. The first-order chi connectivity index (χ1) is 10.5. The van der Waals surface area contributed by atoms with E-state index in [-0.39, 0.29) is 11.1 Å². The van der Waals surface area contributed by atoms with E-state index in [0.717, 1.165) is 36.0 Å². The lowest BCUT2D eigenvalue weighted by Crippen LogP contribution is -2.21. The van der Waals surface area contributed by atoms with Gasteiger partial charge in [0.2, 0.25) is 0 Å². The molecule has 0 unspecified atom stereocenters. The second kappa shape index (κ2) is 6.64. The Labute approximate surface area is 129 Å². The van der Waals surface area contributed by atoms with Crippen LogP contribution in [0.25, 0.3) is 10.8 Å². The first-order valence-electron chi connectivity index (χ1n) is 7.44. The third-order valence-electron chi connectivity index (χ3n) is 3.78. The molecule has 0 bridgehead atoms. The predicted octanol–water partition coefficient (Wildman–Crippen LogP) is 2.72. The highest BCUT2D eigenvalue weighted by Gasteiger charge is 2.18. The number of aromatic nitrogens is 1. The second-order valence-corrected chi connectivity index (χ2v) is 5.53. The van der Waals surface area contributed by atoms with Crippen LogP contribution in [0.2, 0.25) is 0 Å². The summed E-state index contributed by atoms with van der Waals surface area (Å²) in [6.45, 7) is 2.10. The van der Waals surface area contributed by atoms with Crippen molar-refractivity contribution < 1.29 is 9.53 Å². The smallest absolute Gasteiger partial charge is 0.344 e. The lowest BCUT2D eigenvalue weighted by atomic mass is 10.0. The van der Waals surface area contributed by atoms with E-state index in [1.807, 2.05) is 37.2 Å². The number of hydrogen-bond acceptors (Lipinski definition) is 4. The molecule has 0 saturated heterocycles. The number of carbonyl (C=O) groups excluding carboxylic acids is 1. The van der Waals surface area contributed by atoms with Crippen LogP contribution in [0.1, 0.15) is 35.8 Å². The molecule has 1 aromatic carbocycles. The van der Waals surface area contributed by atoms with Crippen LogP contribution < -0.4 is 10.5 Å². The van der Waals surface area contributed by atoms with Crippen molar-refractivity contribution in [1.29, 1.82) is 0 Å². The molecule has 0 fully saturated rings. The summed E-state index contributed by atoms with van der Waals surface area (Å²) in [5, 5.41) is 1.55. The van der Waals surface area contributed by atoms with E-state index in [1.165, 1.54) is 7.11 Å². The monoisotopic (exact) mass is 302 g/mol. The van der Waals surface area contributed by atoms with Gasteiger partial charge in [-0.2, -0.15) is 0 Å². The highest BCUT2D eigenvalue weighted by atomic mass is 16.5. The number of H-pyrrole nitrogens is 1. The minimum atomic E-state index is -0.607. The van der Waals surface area contributed by atoms with Gasteiger partial charge in [-0.3, -0.25) is 4.79 Å². The quantitative estimate of drug-likeness (QED) is 0.863. The third-order valence-corrected chi connectivity index (χ3v) is 3.78. The maximum absolute atomic E-state index is 12.3. The van der Waals surface area contributed by atoms with Gasteiger partial charge in [-0.1, -0.05) is 19.4 Å². The molecule has 0 aliphatic heterocycles. The average molecular weight is 302 g/mol. The summed E-state index contributed by atoms with van der Waals surface area (Å²) in [6, 6.07) is 5.81. The summed E-state index contributed by atoms with van der Waals surface area (Å²) < 4.78 is 4.77. The zero-order chi connectivity index (χ0) is 16.3. The molecule has 1 aromatic heterocycles. The molecule has 0 aliphatic rings. The summed E-state index contributed by atoms with van der Waals surface area (Å²) in [5.74, 6) is -0.607. The van der Waals surface area contributed by atoms with E-state index in [1.54, 1.807) is 0 Å². The zero-order valence-corrected chi connectivity index (χ0v) is 13.5. The first-order valence-corrected chi connectivity index (χ1v) is 7.44. The van der Waals surface area contributed by atoms with E-state index < -0.39 is 5.97 Å². The Morgan fingerprint density at radius 2 is 2.00 bits per heavy atom. The fourth-order valence-corrected chi connectivity index (χ4v) is 2.53.